The average Bonchev–Trinajstić information content (AvgIpc) is 2.30. The summed E-state index contributed by atoms with van der Waals surface area (Å²) >= 11 is 5.75. The van der Waals surface area contributed by atoms with Gasteiger partial charge in [0.25, 0.3) is 0 Å². The second kappa shape index (κ2) is 6.15. The molecule has 0 aromatic heterocycles. The van der Waals surface area contributed by atoms with Crippen LogP contribution in [0.1, 0.15) is 18.6 Å². The molecule has 1 aromatic rings. The van der Waals surface area contributed by atoms with Gasteiger partial charge in [0.15, 0.2) is 6.10 Å². The summed E-state index contributed by atoms with van der Waals surface area (Å²) in [7, 11) is 0. The molecule has 0 aliphatic carbocycles. The highest BCUT2D eigenvalue weighted by molar-refractivity contribution is 6.35. The molecule has 0 saturated heterocycles. The van der Waals surface area contributed by atoms with Gasteiger partial charge in [0.2, 0.25) is 0 Å². The standard InChI is InChI=1S/C11H11ClN2O3/c1-2-17-11(16)9(14-13)10(15)7-4-3-5-8(12)6-7/h3-6,10,15H,2H2,1H3. The van der Waals surface area contributed by atoms with E-state index in [0.717, 1.165) is 0 Å². The van der Waals surface area contributed by atoms with E-state index in [-0.39, 0.29) is 6.61 Å². The van der Waals surface area contributed by atoms with Crippen molar-refractivity contribution in [2.24, 2.45) is 0 Å². The zero-order chi connectivity index (χ0) is 12.8. The van der Waals surface area contributed by atoms with Crippen LogP contribution in [0.3, 0.4) is 0 Å². The largest absolute Gasteiger partial charge is 0.457 e. The van der Waals surface area contributed by atoms with E-state index in [2.05, 4.69) is 9.53 Å². The summed E-state index contributed by atoms with van der Waals surface area (Å²) in [5.41, 5.74) is 8.59. The van der Waals surface area contributed by atoms with Crippen molar-refractivity contribution in [2.75, 3.05) is 6.61 Å². The van der Waals surface area contributed by atoms with Crippen LogP contribution in [0.15, 0.2) is 24.3 Å². The number of carbonyl (C=O) groups excluding carboxylic acids is 1. The molecule has 6 heteroatoms. The summed E-state index contributed by atoms with van der Waals surface area (Å²) < 4.78 is 4.65. The molecule has 1 aromatic carbocycles. The lowest BCUT2D eigenvalue weighted by Gasteiger charge is -2.06. The van der Waals surface area contributed by atoms with E-state index in [1.807, 2.05) is 0 Å². The van der Waals surface area contributed by atoms with Gasteiger partial charge in [-0.2, -0.15) is 4.79 Å². The first-order valence-corrected chi connectivity index (χ1v) is 5.30. The number of rotatable bonds is 4. The molecular formula is C11H11ClN2O3. The molecule has 0 aliphatic heterocycles. The second-order valence-electron chi connectivity index (χ2n) is 3.16. The number of esters is 1. The van der Waals surface area contributed by atoms with Crippen molar-refractivity contribution in [3.8, 4) is 0 Å². The van der Waals surface area contributed by atoms with E-state index in [1.165, 1.54) is 6.07 Å². The Morgan fingerprint density at radius 2 is 2.35 bits per heavy atom. The van der Waals surface area contributed by atoms with Gasteiger partial charge >= 0.3 is 11.7 Å². The van der Waals surface area contributed by atoms with Gasteiger partial charge in [-0.05, 0) is 24.6 Å². The molecule has 1 atom stereocenters. The lowest BCUT2D eigenvalue weighted by Crippen LogP contribution is -2.25. The van der Waals surface area contributed by atoms with Crippen molar-refractivity contribution in [3.05, 3.63) is 40.4 Å². The van der Waals surface area contributed by atoms with E-state index >= 15 is 0 Å². The summed E-state index contributed by atoms with van der Waals surface area (Å²) in [6, 6.07) is 6.26. The molecule has 0 fully saturated rings. The number of aliphatic hydroxyl groups excluding tert-OH is 1. The molecule has 5 nitrogen and oxygen atoms in total. The Bertz CT molecular complexity index is 470. The number of halogens is 1. The highest BCUT2D eigenvalue weighted by atomic mass is 35.5. The summed E-state index contributed by atoms with van der Waals surface area (Å²) in [5, 5.41) is 10.3. The molecule has 1 unspecified atom stereocenters. The van der Waals surface area contributed by atoms with E-state index in [4.69, 9.17) is 17.1 Å². The Morgan fingerprint density at radius 1 is 1.65 bits per heavy atom. The van der Waals surface area contributed by atoms with Crippen LogP contribution in [0.4, 0.5) is 0 Å². The maximum atomic E-state index is 11.4. The smallest absolute Gasteiger partial charge is 0.420 e. The second-order valence-corrected chi connectivity index (χ2v) is 3.60. The van der Waals surface area contributed by atoms with Crippen molar-refractivity contribution >= 4 is 23.3 Å². The molecule has 1 rings (SSSR count). The van der Waals surface area contributed by atoms with Crippen molar-refractivity contribution in [3.63, 3.8) is 0 Å². The fourth-order valence-electron chi connectivity index (χ4n) is 1.25. The van der Waals surface area contributed by atoms with Crippen molar-refractivity contribution in [1.29, 1.82) is 0 Å². The highest BCUT2D eigenvalue weighted by Crippen LogP contribution is 2.18. The van der Waals surface area contributed by atoms with Gasteiger partial charge in [-0.1, -0.05) is 23.7 Å². The van der Waals surface area contributed by atoms with Crippen LogP contribution < -0.4 is 0 Å². The quantitative estimate of drug-likeness (QED) is 0.383. The Hall–Kier alpha value is -1.68. The summed E-state index contributed by atoms with van der Waals surface area (Å²) in [6.45, 7) is 1.73. The van der Waals surface area contributed by atoms with E-state index in [1.54, 1.807) is 25.1 Å². The predicted octanol–water partition coefficient (Wildman–Crippen LogP) is 1.61. The minimum Gasteiger partial charge on any atom is -0.457 e. The first kappa shape index (κ1) is 13.4. The van der Waals surface area contributed by atoms with Gasteiger partial charge < -0.3 is 15.4 Å². The Balaban J connectivity index is 2.99. The Kier molecular flexibility index (Phi) is 4.84. The van der Waals surface area contributed by atoms with Gasteiger partial charge in [-0.25, -0.2) is 4.79 Å². The Labute approximate surface area is 103 Å². The van der Waals surface area contributed by atoms with Gasteiger partial charge in [-0.3, -0.25) is 0 Å². The molecule has 0 saturated carbocycles. The first-order chi connectivity index (χ1) is 8.10. The molecule has 0 bridgehead atoms. The maximum Gasteiger partial charge on any atom is 0.420 e. The number of benzene rings is 1. The number of hydrogen-bond acceptors (Lipinski definition) is 3. The fraction of sp³-hybridized carbons (Fsp3) is 0.273. The van der Waals surface area contributed by atoms with Crippen LogP contribution in [0.2, 0.25) is 5.02 Å². The van der Waals surface area contributed by atoms with Crippen LogP contribution in [-0.2, 0) is 9.53 Å². The summed E-state index contributed by atoms with van der Waals surface area (Å²) in [4.78, 5) is 14.1. The van der Waals surface area contributed by atoms with Crippen LogP contribution >= 0.6 is 11.6 Å². The van der Waals surface area contributed by atoms with Gasteiger partial charge in [0.1, 0.15) is 0 Å². The van der Waals surface area contributed by atoms with Gasteiger partial charge in [-0.15, -0.1) is 0 Å². The third-order valence-electron chi connectivity index (χ3n) is 2.02. The van der Waals surface area contributed by atoms with Crippen LogP contribution in [0, 0.1) is 0 Å². The number of hydrogen-bond donors (Lipinski definition) is 1. The third kappa shape index (κ3) is 3.39. The fourth-order valence-corrected chi connectivity index (χ4v) is 1.45. The topological polar surface area (TPSA) is 82.9 Å². The third-order valence-corrected chi connectivity index (χ3v) is 2.25. The van der Waals surface area contributed by atoms with E-state index in [0.29, 0.717) is 10.6 Å². The van der Waals surface area contributed by atoms with Gasteiger partial charge in [0, 0.05) is 5.02 Å². The number of aliphatic hydroxyl groups is 1. The molecule has 0 amide bonds. The number of ether oxygens (including phenoxy) is 1. The van der Waals surface area contributed by atoms with Crippen LogP contribution in [0.25, 0.3) is 5.53 Å². The van der Waals surface area contributed by atoms with Crippen molar-refractivity contribution in [2.45, 2.75) is 13.0 Å². The number of carbonyl (C=O) groups is 1. The van der Waals surface area contributed by atoms with E-state index in [9.17, 15) is 9.90 Å². The first-order valence-electron chi connectivity index (χ1n) is 4.92. The molecule has 0 aliphatic rings. The summed E-state index contributed by atoms with van der Waals surface area (Å²) in [6.07, 6.45) is -1.38. The Morgan fingerprint density at radius 3 is 2.88 bits per heavy atom. The summed E-state index contributed by atoms with van der Waals surface area (Å²) in [5.74, 6) is -0.873. The molecular weight excluding hydrogens is 244 g/mol. The maximum absolute atomic E-state index is 11.4. The zero-order valence-electron chi connectivity index (χ0n) is 9.13. The van der Waals surface area contributed by atoms with Crippen molar-refractivity contribution in [1.82, 2.24) is 0 Å². The highest BCUT2D eigenvalue weighted by Gasteiger charge is 2.32. The van der Waals surface area contributed by atoms with Crippen LogP contribution in [-0.4, -0.2) is 28.2 Å². The molecule has 17 heavy (non-hydrogen) atoms. The average molecular weight is 255 g/mol. The molecule has 1 N–H and O–H groups in total. The normalized spacial score (nSPS) is 11.5. The number of nitrogens with zero attached hydrogens (tertiary/aromatic N) is 2. The van der Waals surface area contributed by atoms with Gasteiger partial charge in [0.05, 0.1) is 6.61 Å². The molecule has 0 heterocycles. The molecule has 0 radical (unpaired) electrons. The minimum absolute atomic E-state index is 0.125. The minimum atomic E-state index is -1.38. The predicted molar refractivity (Wildman–Crippen MR) is 61.7 cm³/mol. The van der Waals surface area contributed by atoms with Crippen LogP contribution in [0.5, 0.6) is 0 Å². The molecule has 0 spiro atoms. The lowest BCUT2D eigenvalue weighted by molar-refractivity contribution is -0.141. The zero-order valence-corrected chi connectivity index (χ0v) is 9.89. The lowest BCUT2D eigenvalue weighted by atomic mass is 10.1. The van der Waals surface area contributed by atoms with Crippen molar-refractivity contribution < 1.29 is 19.4 Å². The van der Waals surface area contributed by atoms with E-state index < -0.39 is 17.8 Å². The SMILES string of the molecule is CCOC(=O)C(=[N+]=[N-])C(O)c1cccc(Cl)c1. The monoisotopic (exact) mass is 254 g/mol. The molecule has 90 valence electrons.